The molecule has 2 aromatic carbocycles. The minimum atomic E-state index is -0.485. The van der Waals surface area contributed by atoms with E-state index >= 15 is 0 Å². The normalized spacial score (nSPS) is 11.8. The van der Waals surface area contributed by atoms with Gasteiger partial charge < -0.3 is 19.7 Å². The molecule has 0 saturated heterocycles. The first-order chi connectivity index (χ1) is 14.5. The molecule has 0 heterocycles. The van der Waals surface area contributed by atoms with Crippen LogP contribution in [-0.2, 0) is 9.59 Å². The molecule has 0 aliphatic heterocycles. The van der Waals surface area contributed by atoms with Crippen molar-refractivity contribution in [1.29, 1.82) is 0 Å². The fourth-order valence-electron chi connectivity index (χ4n) is 2.77. The molecule has 2 rings (SSSR count). The number of aromatic hydroxyl groups is 2. The molecule has 6 nitrogen and oxygen atoms in total. The molecule has 0 atom stereocenters. The summed E-state index contributed by atoms with van der Waals surface area (Å²) in [6.45, 7) is 7.44. The van der Waals surface area contributed by atoms with Gasteiger partial charge >= 0.3 is 0 Å². The third-order valence-electron chi connectivity index (χ3n) is 4.30. The van der Waals surface area contributed by atoms with Gasteiger partial charge in [-0.1, -0.05) is 24.3 Å². The molecule has 0 radical (unpaired) electrons. The summed E-state index contributed by atoms with van der Waals surface area (Å²) >= 11 is 0. The molecule has 0 aromatic heterocycles. The number of allylic oxidation sites excluding steroid dienone is 2. The van der Waals surface area contributed by atoms with Crippen LogP contribution in [0.1, 0.15) is 43.9 Å². The molecular formula is C25H28O6. The number of carbonyl (C=O) groups excluding carboxylic acids is 2. The minimum Gasteiger partial charge on any atom is -0.504 e. The monoisotopic (exact) mass is 424 g/mol. The molecule has 0 fully saturated rings. The molecule has 0 spiro atoms. The van der Waals surface area contributed by atoms with Gasteiger partial charge in [-0.2, -0.15) is 0 Å². The number of hydrogen-bond donors (Lipinski definition) is 2. The highest BCUT2D eigenvalue weighted by Gasteiger charge is 2.18. The SMILES string of the molecule is COc1cc(/C=C/C(=O)CC(=O)/C=C/c2ccc(O)c(OC(C)(C)C)c2C)ccc1O. The second kappa shape index (κ2) is 9.98. The van der Waals surface area contributed by atoms with E-state index in [2.05, 4.69) is 0 Å². The number of methoxy groups -OCH3 is 1. The molecule has 0 aliphatic carbocycles. The Balaban J connectivity index is 2.05. The molecule has 164 valence electrons. The van der Waals surface area contributed by atoms with Gasteiger partial charge in [0.2, 0.25) is 0 Å². The lowest BCUT2D eigenvalue weighted by atomic mass is 10.0. The molecule has 0 aliphatic rings. The smallest absolute Gasteiger partial charge is 0.165 e. The largest absolute Gasteiger partial charge is 0.504 e. The van der Waals surface area contributed by atoms with Crippen LogP contribution in [0.3, 0.4) is 0 Å². The minimum absolute atomic E-state index is 0.00636. The molecule has 0 bridgehead atoms. The average Bonchev–Trinajstić information content (AvgIpc) is 2.69. The second-order valence-corrected chi connectivity index (χ2v) is 8.05. The molecule has 0 amide bonds. The van der Waals surface area contributed by atoms with Gasteiger partial charge in [0.25, 0.3) is 0 Å². The van der Waals surface area contributed by atoms with E-state index in [-0.39, 0.29) is 29.5 Å². The standard InChI is InChI=1S/C25H28O6/c1-16-18(9-13-22(29)24(16)31-25(2,3)4)8-11-20(27)15-19(26)10-6-17-7-12-21(28)23(14-17)30-5/h6-14,28-29H,15H2,1-5H3/b10-6+,11-8+. The topological polar surface area (TPSA) is 93.1 Å². The van der Waals surface area contributed by atoms with Crippen LogP contribution < -0.4 is 9.47 Å². The van der Waals surface area contributed by atoms with Crippen molar-refractivity contribution in [1.82, 2.24) is 0 Å². The summed E-state index contributed by atoms with van der Waals surface area (Å²) < 4.78 is 10.8. The van der Waals surface area contributed by atoms with Crippen LogP contribution in [0.5, 0.6) is 23.0 Å². The number of phenols is 2. The Morgan fingerprint density at radius 2 is 1.58 bits per heavy atom. The number of ether oxygens (including phenoxy) is 2. The summed E-state index contributed by atoms with van der Waals surface area (Å²) in [4.78, 5) is 24.3. The van der Waals surface area contributed by atoms with Gasteiger partial charge in [0.1, 0.15) is 5.60 Å². The Bertz CT molecular complexity index is 1030. The fourth-order valence-corrected chi connectivity index (χ4v) is 2.77. The van der Waals surface area contributed by atoms with Crippen LogP contribution in [0, 0.1) is 6.92 Å². The van der Waals surface area contributed by atoms with Crippen LogP contribution in [0.15, 0.2) is 42.5 Å². The van der Waals surface area contributed by atoms with Gasteiger partial charge in [-0.25, -0.2) is 0 Å². The summed E-state index contributed by atoms with van der Waals surface area (Å²) in [5.74, 6) is 0.0108. The Hall–Kier alpha value is -3.54. The molecule has 6 heteroatoms. The van der Waals surface area contributed by atoms with Gasteiger partial charge in [0, 0.05) is 5.56 Å². The van der Waals surface area contributed by atoms with Crippen molar-refractivity contribution >= 4 is 23.7 Å². The summed E-state index contributed by atoms with van der Waals surface area (Å²) in [6, 6.07) is 7.89. The number of benzene rings is 2. The van der Waals surface area contributed by atoms with Gasteiger partial charge in [-0.3, -0.25) is 9.59 Å². The Labute approximate surface area is 182 Å². The molecule has 31 heavy (non-hydrogen) atoms. The highest BCUT2D eigenvalue weighted by molar-refractivity contribution is 6.10. The third-order valence-corrected chi connectivity index (χ3v) is 4.30. The molecule has 0 unspecified atom stereocenters. The lowest BCUT2D eigenvalue weighted by Gasteiger charge is -2.24. The molecule has 2 N–H and O–H groups in total. The lowest BCUT2D eigenvalue weighted by Crippen LogP contribution is -2.23. The zero-order valence-electron chi connectivity index (χ0n) is 18.4. The molecule has 0 saturated carbocycles. The van der Waals surface area contributed by atoms with Crippen molar-refractivity contribution in [2.75, 3.05) is 7.11 Å². The maximum absolute atomic E-state index is 12.2. The van der Waals surface area contributed by atoms with Gasteiger partial charge in [-0.05, 0) is 69.2 Å². The summed E-state index contributed by atoms with van der Waals surface area (Å²) in [5.41, 5.74) is 1.59. The first-order valence-corrected chi connectivity index (χ1v) is 9.80. The van der Waals surface area contributed by atoms with E-state index in [4.69, 9.17) is 9.47 Å². The number of rotatable bonds is 8. The van der Waals surface area contributed by atoms with E-state index in [1.807, 2.05) is 20.8 Å². The summed E-state index contributed by atoms with van der Waals surface area (Å²) in [6.07, 6.45) is 5.55. The second-order valence-electron chi connectivity index (χ2n) is 8.05. The maximum Gasteiger partial charge on any atom is 0.165 e. The van der Waals surface area contributed by atoms with Gasteiger partial charge in [0.05, 0.1) is 13.5 Å². The van der Waals surface area contributed by atoms with Crippen molar-refractivity contribution < 1.29 is 29.3 Å². The zero-order chi connectivity index (χ0) is 23.2. The van der Waals surface area contributed by atoms with Crippen LogP contribution in [-0.4, -0.2) is 34.5 Å². The van der Waals surface area contributed by atoms with E-state index < -0.39 is 5.60 Å². The molecular weight excluding hydrogens is 396 g/mol. The first kappa shape index (κ1) is 23.7. The van der Waals surface area contributed by atoms with Crippen molar-refractivity contribution in [2.24, 2.45) is 0 Å². The van der Waals surface area contributed by atoms with Crippen LogP contribution >= 0.6 is 0 Å². The van der Waals surface area contributed by atoms with E-state index in [1.165, 1.54) is 31.4 Å². The van der Waals surface area contributed by atoms with Crippen LogP contribution in [0.2, 0.25) is 0 Å². The fraction of sp³-hybridized carbons (Fsp3) is 0.280. The van der Waals surface area contributed by atoms with Gasteiger partial charge in [0.15, 0.2) is 34.6 Å². The van der Waals surface area contributed by atoms with Crippen molar-refractivity contribution in [3.8, 4) is 23.0 Å². The predicted octanol–water partition coefficient (Wildman–Crippen LogP) is 4.85. The van der Waals surface area contributed by atoms with Crippen LogP contribution in [0.4, 0.5) is 0 Å². The third kappa shape index (κ3) is 7.03. The first-order valence-electron chi connectivity index (χ1n) is 9.80. The number of phenolic OH excluding ortho intramolecular Hbond substituents is 2. The highest BCUT2D eigenvalue weighted by Crippen LogP contribution is 2.35. The highest BCUT2D eigenvalue weighted by atomic mass is 16.5. The maximum atomic E-state index is 12.2. The van der Waals surface area contributed by atoms with Crippen LogP contribution in [0.25, 0.3) is 12.2 Å². The quantitative estimate of drug-likeness (QED) is 0.465. The van der Waals surface area contributed by atoms with E-state index in [0.29, 0.717) is 28.2 Å². The van der Waals surface area contributed by atoms with E-state index in [1.54, 1.807) is 37.3 Å². The molecule has 2 aromatic rings. The van der Waals surface area contributed by atoms with E-state index in [0.717, 1.165) is 0 Å². The number of carbonyl (C=O) groups is 2. The van der Waals surface area contributed by atoms with Crippen molar-refractivity contribution in [3.05, 3.63) is 59.2 Å². The van der Waals surface area contributed by atoms with Crippen molar-refractivity contribution in [2.45, 2.75) is 39.7 Å². The van der Waals surface area contributed by atoms with Gasteiger partial charge in [-0.15, -0.1) is 0 Å². The Morgan fingerprint density at radius 1 is 0.968 bits per heavy atom. The predicted molar refractivity (Wildman–Crippen MR) is 121 cm³/mol. The van der Waals surface area contributed by atoms with E-state index in [9.17, 15) is 19.8 Å². The lowest BCUT2D eigenvalue weighted by molar-refractivity contribution is -0.121. The summed E-state index contributed by atoms with van der Waals surface area (Å²) in [7, 11) is 1.44. The number of hydrogen-bond acceptors (Lipinski definition) is 6. The number of ketones is 2. The Kier molecular flexibility index (Phi) is 7.64. The Morgan fingerprint density at radius 3 is 2.19 bits per heavy atom. The zero-order valence-corrected chi connectivity index (χ0v) is 18.4. The average molecular weight is 424 g/mol. The summed E-state index contributed by atoms with van der Waals surface area (Å²) in [5, 5.41) is 19.7. The van der Waals surface area contributed by atoms with Crippen molar-refractivity contribution in [3.63, 3.8) is 0 Å².